The third-order valence-electron chi connectivity index (χ3n) is 5.25. The van der Waals surface area contributed by atoms with Gasteiger partial charge in [0.2, 0.25) is 0 Å². The van der Waals surface area contributed by atoms with Crippen LogP contribution in [-0.4, -0.2) is 10.2 Å². The molecule has 0 saturated heterocycles. The number of rotatable bonds is 1. The predicted molar refractivity (Wildman–Crippen MR) is 106 cm³/mol. The molecule has 140 valence electrons. The van der Waals surface area contributed by atoms with Gasteiger partial charge in [0.15, 0.2) is 0 Å². The van der Waals surface area contributed by atoms with E-state index in [0.29, 0.717) is 11.5 Å². The molecule has 0 radical (unpaired) electrons. The quantitative estimate of drug-likeness (QED) is 0.628. The van der Waals surface area contributed by atoms with Crippen molar-refractivity contribution in [2.45, 2.75) is 71.6 Å². The fraction of sp³-hybridized carbons (Fsp3) is 0.478. The van der Waals surface area contributed by atoms with Crippen LogP contribution in [0.1, 0.15) is 83.1 Å². The SMILES string of the molecule is CCC1c2cc(O)c(C(C)(C)C)cc2Oc2cc(C(C)(C)C)c(O)cc21. The van der Waals surface area contributed by atoms with Gasteiger partial charge in [0.05, 0.1) is 0 Å². The van der Waals surface area contributed by atoms with Crippen LogP contribution in [0.25, 0.3) is 0 Å². The lowest BCUT2D eigenvalue weighted by atomic mass is 9.79. The molecule has 2 aromatic carbocycles. The van der Waals surface area contributed by atoms with Crippen LogP contribution in [0.4, 0.5) is 0 Å². The Bertz CT molecular complexity index is 782. The summed E-state index contributed by atoms with van der Waals surface area (Å²) in [5.74, 6) is 2.30. The molecule has 1 heterocycles. The Balaban J connectivity index is 2.20. The van der Waals surface area contributed by atoms with Crippen LogP contribution >= 0.6 is 0 Å². The standard InChI is InChI=1S/C23H30O3/c1-8-13-14-9-18(24)16(22(2,3)4)11-20(14)26-21-12-17(23(5,6)7)19(25)10-15(13)21/h9-13,24-25H,8H2,1-7H3. The first kappa shape index (κ1) is 18.6. The van der Waals surface area contributed by atoms with Gasteiger partial charge in [0, 0.05) is 28.2 Å². The maximum absolute atomic E-state index is 10.6. The second-order valence-electron chi connectivity index (χ2n) is 9.38. The molecular weight excluding hydrogens is 324 g/mol. The van der Waals surface area contributed by atoms with Gasteiger partial charge in [-0.05, 0) is 41.5 Å². The smallest absolute Gasteiger partial charge is 0.131 e. The second-order valence-corrected chi connectivity index (χ2v) is 9.38. The number of phenolic OH excluding ortho intramolecular Hbond substituents is 2. The number of phenols is 2. The van der Waals surface area contributed by atoms with Crippen molar-refractivity contribution in [2.75, 3.05) is 0 Å². The highest BCUT2D eigenvalue weighted by Gasteiger charge is 2.32. The summed E-state index contributed by atoms with van der Waals surface area (Å²) >= 11 is 0. The Labute approximate surface area is 156 Å². The van der Waals surface area contributed by atoms with E-state index in [9.17, 15) is 10.2 Å². The third kappa shape index (κ3) is 3.04. The molecule has 0 atom stereocenters. The molecule has 3 heteroatoms. The minimum atomic E-state index is -0.171. The summed E-state index contributed by atoms with van der Waals surface area (Å²) in [6.07, 6.45) is 0.867. The van der Waals surface area contributed by atoms with Crippen LogP contribution in [0, 0.1) is 0 Å². The molecule has 0 unspecified atom stereocenters. The fourth-order valence-corrected chi connectivity index (χ4v) is 3.82. The van der Waals surface area contributed by atoms with Gasteiger partial charge in [-0.1, -0.05) is 48.5 Å². The highest BCUT2D eigenvalue weighted by Crippen LogP contribution is 2.51. The van der Waals surface area contributed by atoms with Crippen LogP contribution in [0.2, 0.25) is 0 Å². The van der Waals surface area contributed by atoms with Gasteiger partial charge >= 0.3 is 0 Å². The molecule has 3 nitrogen and oxygen atoms in total. The molecule has 0 bridgehead atoms. The van der Waals surface area contributed by atoms with Crippen molar-refractivity contribution >= 4 is 0 Å². The van der Waals surface area contributed by atoms with Crippen molar-refractivity contribution in [2.24, 2.45) is 0 Å². The zero-order valence-electron chi connectivity index (χ0n) is 16.9. The summed E-state index contributed by atoms with van der Waals surface area (Å²) in [7, 11) is 0. The van der Waals surface area contributed by atoms with Gasteiger partial charge in [-0.15, -0.1) is 0 Å². The van der Waals surface area contributed by atoms with Crippen LogP contribution in [-0.2, 0) is 10.8 Å². The number of aromatic hydroxyl groups is 2. The van der Waals surface area contributed by atoms with Crippen molar-refractivity contribution in [1.29, 1.82) is 0 Å². The maximum Gasteiger partial charge on any atom is 0.131 e. The van der Waals surface area contributed by atoms with Crippen molar-refractivity contribution in [3.05, 3.63) is 46.5 Å². The summed E-state index contributed by atoms with van der Waals surface area (Å²) in [4.78, 5) is 0. The molecule has 0 fully saturated rings. The van der Waals surface area contributed by atoms with Gasteiger partial charge in [-0.25, -0.2) is 0 Å². The van der Waals surface area contributed by atoms with Crippen molar-refractivity contribution in [1.82, 2.24) is 0 Å². The first-order valence-corrected chi connectivity index (χ1v) is 9.36. The number of hydrogen-bond donors (Lipinski definition) is 2. The molecule has 1 aliphatic heterocycles. The van der Waals surface area contributed by atoms with Crippen molar-refractivity contribution in [3.63, 3.8) is 0 Å². The molecular formula is C23H30O3. The lowest BCUT2D eigenvalue weighted by molar-refractivity contribution is 0.410. The lowest BCUT2D eigenvalue weighted by Crippen LogP contribution is -2.17. The summed E-state index contributed by atoms with van der Waals surface area (Å²) in [6.45, 7) is 14.6. The van der Waals surface area contributed by atoms with Crippen molar-refractivity contribution < 1.29 is 14.9 Å². The zero-order valence-corrected chi connectivity index (χ0v) is 16.9. The van der Waals surface area contributed by atoms with E-state index in [1.807, 2.05) is 24.3 Å². The highest BCUT2D eigenvalue weighted by molar-refractivity contribution is 5.61. The minimum absolute atomic E-state index is 0.0913. The molecule has 0 saturated carbocycles. The van der Waals surface area contributed by atoms with Gasteiger partial charge in [0.25, 0.3) is 0 Å². The topological polar surface area (TPSA) is 49.7 Å². The largest absolute Gasteiger partial charge is 0.508 e. The fourth-order valence-electron chi connectivity index (χ4n) is 3.82. The van der Waals surface area contributed by atoms with E-state index in [1.165, 1.54) is 0 Å². The molecule has 0 amide bonds. The molecule has 3 rings (SSSR count). The number of ether oxygens (including phenoxy) is 1. The second kappa shape index (κ2) is 5.94. The van der Waals surface area contributed by atoms with E-state index in [0.717, 1.165) is 40.2 Å². The molecule has 2 aromatic rings. The van der Waals surface area contributed by atoms with Gasteiger partial charge < -0.3 is 14.9 Å². The van der Waals surface area contributed by atoms with E-state index in [-0.39, 0.29) is 16.7 Å². The first-order valence-electron chi connectivity index (χ1n) is 9.36. The summed E-state index contributed by atoms with van der Waals surface area (Å²) in [5, 5.41) is 21.1. The van der Waals surface area contributed by atoms with Crippen LogP contribution in [0.3, 0.4) is 0 Å². The van der Waals surface area contributed by atoms with Gasteiger partial charge in [-0.3, -0.25) is 0 Å². The van der Waals surface area contributed by atoms with E-state index < -0.39 is 0 Å². The highest BCUT2D eigenvalue weighted by atomic mass is 16.5. The van der Waals surface area contributed by atoms with Crippen LogP contribution in [0.5, 0.6) is 23.0 Å². The van der Waals surface area contributed by atoms with E-state index in [2.05, 4.69) is 48.5 Å². The molecule has 2 N–H and O–H groups in total. The zero-order chi connectivity index (χ0) is 19.4. The maximum atomic E-state index is 10.6. The Hall–Kier alpha value is -2.16. The summed E-state index contributed by atoms with van der Waals surface area (Å²) in [5.41, 5.74) is 3.38. The van der Waals surface area contributed by atoms with Crippen LogP contribution in [0.15, 0.2) is 24.3 Å². The number of benzene rings is 2. The van der Waals surface area contributed by atoms with E-state index >= 15 is 0 Å². The molecule has 1 aliphatic rings. The normalized spacial score (nSPS) is 14.6. The minimum Gasteiger partial charge on any atom is -0.508 e. The Kier molecular flexibility index (Phi) is 4.25. The van der Waals surface area contributed by atoms with Gasteiger partial charge in [-0.2, -0.15) is 0 Å². The summed E-state index contributed by atoms with van der Waals surface area (Å²) in [6, 6.07) is 7.61. The molecule has 26 heavy (non-hydrogen) atoms. The van der Waals surface area contributed by atoms with Crippen LogP contribution < -0.4 is 4.74 Å². The first-order chi connectivity index (χ1) is 11.9. The predicted octanol–water partition coefficient (Wildman–Crippen LogP) is 6.34. The molecule has 0 spiro atoms. The van der Waals surface area contributed by atoms with E-state index in [4.69, 9.17) is 4.74 Å². The Morgan fingerprint density at radius 1 is 0.769 bits per heavy atom. The lowest BCUT2D eigenvalue weighted by Gasteiger charge is -2.32. The molecule has 0 aliphatic carbocycles. The Morgan fingerprint density at radius 2 is 1.15 bits per heavy atom. The van der Waals surface area contributed by atoms with Crippen molar-refractivity contribution in [3.8, 4) is 23.0 Å². The third-order valence-corrected chi connectivity index (χ3v) is 5.25. The summed E-state index contributed by atoms with van der Waals surface area (Å²) < 4.78 is 6.27. The monoisotopic (exact) mass is 354 g/mol. The number of hydrogen-bond acceptors (Lipinski definition) is 3. The Morgan fingerprint density at radius 3 is 1.46 bits per heavy atom. The average molecular weight is 354 g/mol. The molecule has 0 aromatic heterocycles. The van der Waals surface area contributed by atoms with E-state index in [1.54, 1.807) is 0 Å². The average Bonchev–Trinajstić information content (AvgIpc) is 2.50. The van der Waals surface area contributed by atoms with Gasteiger partial charge in [0.1, 0.15) is 23.0 Å². The number of fused-ring (bicyclic) bond motifs is 2.